The molecule has 7 heteroatoms. The van der Waals surface area contributed by atoms with Crippen LogP contribution in [0.4, 0.5) is 13.2 Å². The van der Waals surface area contributed by atoms with Crippen molar-refractivity contribution in [3.8, 4) is 0 Å². The lowest BCUT2D eigenvalue weighted by Gasteiger charge is -2.10. The lowest BCUT2D eigenvalue weighted by Crippen LogP contribution is -2.20. The van der Waals surface area contributed by atoms with Gasteiger partial charge in [-0.25, -0.2) is 0 Å². The van der Waals surface area contributed by atoms with Gasteiger partial charge < -0.3 is 9.84 Å². The van der Waals surface area contributed by atoms with Gasteiger partial charge in [-0.2, -0.15) is 13.2 Å². The highest BCUT2D eigenvalue weighted by Crippen LogP contribution is 2.15. The van der Waals surface area contributed by atoms with E-state index >= 15 is 0 Å². The Morgan fingerprint density at radius 1 is 1.50 bits per heavy atom. The quantitative estimate of drug-likeness (QED) is 0.791. The van der Waals surface area contributed by atoms with Crippen LogP contribution in [0.2, 0.25) is 0 Å². The summed E-state index contributed by atoms with van der Waals surface area (Å²) in [6.45, 7) is -1.36. The number of halogens is 3. The number of nitrogens with zero attached hydrogens (tertiary/aromatic N) is 1. The molecule has 1 aromatic rings. The van der Waals surface area contributed by atoms with Gasteiger partial charge in [-0.05, 0) is 6.42 Å². The van der Waals surface area contributed by atoms with Crippen molar-refractivity contribution in [1.29, 1.82) is 0 Å². The molecule has 1 N–H and O–H groups in total. The fourth-order valence-electron chi connectivity index (χ4n) is 1.08. The standard InChI is InChI=1S/C9H12F3NO2S/c10-9(11,12)5-15-2-1-7(14)3-8-4-13-6-16-8/h4,6-7,14H,1-3,5H2. The van der Waals surface area contributed by atoms with Gasteiger partial charge in [-0.15, -0.1) is 11.3 Å². The summed E-state index contributed by atoms with van der Waals surface area (Å²) in [4.78, 5) is 4.74. The molecular formula is C9H12F3NO2S. The van der Waals surface area contributed by atoms with Gasteiger partial charge in [-0.1, -0.05) is 0 Å². The molecule has 0 fully saturated rings. The fraction of sp³-hybridized carbons (Fsp3) is 0.667. The van der Waals surface area contributed by atoms with Crippen molar-refractivity contribution in [1.82, 2.24) is 4.98 Å². The van der Waals surface area contributed by atoms with Crippen LogP contribution in [-0.4, -0.2) is 35.6 Å². The largest absolute Gasteiger partial charge is 0.411 e. The van der Waals surface area contributed by atoms with Gasteiger partial charge in [0.15, 0.2) is 0 Å². The molecule has 1 atom stereocenters. The number of aliphatic hydroxyl groups excluding tert-OH is 1. The zero-order valence-corrected chi connectivity index (χ0v) is 9.22. The number of aliphatic hydroxyl groups is 1. The van der Waals surface area contributed by atoms with Gasteiger partial charge in [-0.3, -0.25) is 4.98 Å². The van der Waals surface area contributed by atoms with Gasteiger partial charge in [0, 0.05) is 24.1 Å². The van der Waals surface area contributed by atoms with Crippen molar-refractivity contribution in [3.05, 3.63) is 16.6 Å². The first-order valence-corrected chi connectivity index (χ1v) is 5.55. The SMILES string of the molecule is OC(CCOCC(F)(F)F)Cc1cncs1. The number of alkyl halides is 3. The molecule has 1 rings (SSSR count). The van der Waals surface area contributed by atoms with Crippen LogP contribution < -0.4 is 0 Å². The molecule has 1 heterocycles. The Balaban J connectivity index is 2.09. The molecule has 1 unspecified atom stereocenters. The summed E-state index contributed by atoms with van der Waals surface area (Å²) >= 11 is 1.40. The molecule has 0 spiro atoms. The summed E-state index contributed by atoms with van der Waals surface area (Å²) in [7, 11) is 0. The fourth-order valence-corrected chi connectivity index (χ4v) is 1.75. The minimum atomic E-state index is -4.30. The van der Waals surface area contributed by atoms with Crippen LogP contribution in [0.5, 0.6) is 0 Å². The zero-order valence-electron chi connectivity index (χ0n) is 8.41. The van der Waals surface area contributed by atoms with E-state index in [-0.39, 0.29) is 13.0 Å². The maximum absolute atomic E-state index is 11.7. The number of rotatable bonds is 6. The van der Waals surface area contributed by atoms with E-state index in [2.05, 4.69) is 9.72 Å². The lowest BCUT2D eigenvalue weighted by molar-refractivity contribution is -0.175. The van der Waals surface area contributed by atoms with E-state index < -0.39 is 18.9 Å². The average molecular weight is 255 g/mol. The second-order valence-corrected chi connectivity index (χ2v) is 4.25. The molecule has 92 valence electrons. The zero-order chi connectivity index (χ0) is 12.0. The maximum atomic E-state index is 11.7. The third kappa shape index (κ3) is 6.04. The predicted octanol–water partition coefficient (Wildman–Crippen LogP) is 2.02. The van der Waals surface area contributed by atoms with Crippen LogP contribution in [0.1, 0.15) is 11.3 Å². The topological polar surface area (TPSA) is 42.4 Å². The molecule has 1 aromatic heterocycles. The van der Waals surface area contributed by atoms with E-state index in [1.54, 1.807) is 11.7 Å². The third-order valence-corrected chi connectivity index (χ3v) is 2.58. The van der Waals surface area contributed by atoms with E-state index in [0.717, 1.165) is 4.88 Å². The normalized spacial score (nSPS) is 14.0. The first kappa shape index (κ1) is 13.4. The Labute approximate surface area is 94.9 Å². The predicted molar refractivity (Wildman–Crippen MR) is 53.3 cm³/mol. The van der Waals surface area contributed by atoms with E-state index in [1.807, 2.05) is 0 Å². The Bertz CT molecular complexity index is 289. The summed E-state index contributed by atoms with van der Waals surface area (Å²) in [5.41, 5.74) is 1.64. The van der Waals surface area contributed by atoms with E-state index in [9.17, 15) is 18.3 Å². The minimum absolute atomic E-state index is 0.0977. The van der Waals surface area contributed by atoms with Crippen molar-refractivity contribution >= 4 is 11.3 Å². The monoisotopic (exact) mass is 255 g/mol. The number of ether oxygens (including phenoxy) is 1. The summed E-state index contributed by atoms with van der Waals surface area (Å²) in [5, 5.41) is 9.47. The molecule has 0 saturated heterocycles. The summed E-state index contributed by atoms with van der Waals surface area (Å²) in [6.07, 6.45) is -2.77. The first-order chi connectivity index (χ1) is 7.47. The lowest BCUT2D eigenvalue weighted by atomic mass is 10.2. The Morgan fingerprint density at radius 2 is 2.25 bits per heavy atom. The maximum Gasteiger partial charge on any atom is 0.411 e. The molecule has 0 aliphatic heterocycles. The van der Waals surface area contributed by atoms with Crippen LogP contribution in [0, 0.1) is 0 Å². The highest BCUT2D eigenvalue weighted by atomic mass is 32.1. The second-order valence-electron chi connectivity index (χ2n) is 3.28. The van der Waals surface area contributed by atoms with Gasteiger partial charge >= 0.3 is 6.18 Å². The Morgan fingerprint density at radius 3 is 2.81 bits per heavy atom. The average Bonchev–Trinajstić information content (AvgIpc) is 2.63. The molecule has 0 aliphatic carbocycles. The van der Waals surface area contributed by atoms with E-state index in [4.69, 9.17) is 0 Å². The molecule has 0 radical (unpaired) electrons. The molecule has 0 aliphatic rings. The van der Waals surface area contributed by atoms with Gasteiger partial charge in [0.1, 0.15) is 6.61 Å². The van der Waals surface area contributed by atoms with Gasteiger partial charge in [0.2, 0.25) is 0 Å². The van der Waals surface area contributed by atoms with Crippen LogP contribution in [0.15, 0.2) is 11.7 Å². The molecule has 16 heavy (non-hydrogen) atoms. The van der Waals surface area contributed by atoms with Crippen LogP contribution in [0.25, 0.3) is 0 Å². The second kappa shape index (κ2) is 6.17. The number of hydrogen-bond donors (Lipinski definition) is 1. The third-order valence-electron chi connectivity index (χ3n) is 1.78. The van der Waals surface area contributed by atoms with Crippen molar-refractivity contribution in [2.75, 3.05) is 13.2 Å². The summed E-state index contributed by atoms with van der Waals surface area (Å²) < 4.78 is 39.5. The minimum Gasteiger partial charge on any atom is -0.393 e. The van der Waals surface area contributed by atoms with Crippen molar-refractivity contribution in [2.24, 2.45) is 0 Å². The summed E-state index contributed by atoms with van der Waals surface area (Å²) in [5.74, 6) is 0. The number of hydrogen-bond acceptors (Lipinski definition) is 4. The van der Waals surface area contributed by atoms with Crippen LogP contribution in [-0.2, 0) is 11.2 Å². The highest BCUT2D eigenvalue weighted by Gasteiger charge is 2.27. The molecule has 0 bridgehead atoms. The van der Waals surface area contributed by atoms with Crippen LogP contribution >= 0.6 is 11.3 Å². The van der Waals surface area contributed by atoms with Gasteiger partial charge in [0.25, 0.3) is 0 Å². The van der Waals surface area contributed by atoms with E-state index in [1.165, 1.54) is 11.3 Å². The number of aromatic nitrogens is 1. The smallest absolute Gasteiger partial charge is 0.393 e. The first-order valence-electron chi connectivity index (χ1n) is 4.67. The van der Waals surface area contributed by atoms with E-state index in [0.29, 0.717) is 6.42 Å². The van der Waals surface area contributed by atoms with Crippen molar-refractivity contribution < 1.29 is 23.0 Å². The number of thiazole rings is 1. The Kier molecular flexibility index (Phi) is 5.17. The van der Waals surface area contributed by atoms with Crippen molar-refractivity contribution in [3.63, 3.8) is 0 Å². The molecule has 0 saturated carbocycles. The van der Waals surface area contributed by atoms with Crippen LogP contribution in [0.3, 0.4) is 0 Å². The van der Waals surface area contributed by atoms with Gasteiger partial charge in [0.05, 0.1) is 11.6 Å². The molecule has 0 aromatic carbocycles. The molecule has 0 amide bonds. The molecular weight excluding hydrogens is 243 g/mol. The molecule has 3 nitrogen and oxygen atoms in total. The summed E-state index contributed by atoms with van der Waals surface area (Å²) in [6, 6.07) is 0. The highest BCUT2D eigenvalue weighted by molar-refractivity contribution is 7.09. The van der Waals surface area contributed by atoms with Crippen molar-refractivity contribution in [2.45, 2.75) is 25.1 Å². The Hall–Kier alpha value is -0.660.